The van der Waals surface area contributed by atoms with Crippen LogP contribution in [0.4, 0.5) is 4.39 Å². The summed E-state index contributed by atoms with van der Waals surface area (Å²) in [7, 11) is 0. The maximum Gasteiger partial charge on any atom is 0.223 e. The monoisotopic (exact) mass is 356 g/mol. The Morgan fingerprint density at radius 2 is 2.04 bits per heavy atom. The predicted octanol–water partition coefficient (Wildman–Crippen LogP) is 3.40. The van der Waals surface area contributed by atoms with Gasteiger partial charge in [-0.1, -0.05) is 6.42 Å². The highest BCUT2D eigenvalue weighted by atomic mass is 19.1. The summed E-state index contributed by atoms with van der Waals surface area (Å²) in [6, 6.07) is 6.48. The number of aromatic nitrogens is 2. The van der Waals surface area contributed by atoms with E-state index < -0.39 is 0 Å². The molecular weight excluding hydrogens is 331 g/mol. The fraction of sp³-hybridized carbons (Fsp3) is 0.500. The second-order valence-electron chi connectivity index (χ2n) is 7.49. The van der Waals surface area contributed by atoms with Gasteiger partial charge in [0.2, 0.25) is 5.91 Å². The van der Waals surface area contributed by atoms with Gasteiger partial charge in [0.1, 0.15) is 11.6 Å². The second kappa shape index (κ2) is 7.19. The molecule has 2 aliphatic rings. The summed E-state index contributed by atoms with van der Waals surface area (Å²) in [6.07, 6.45) is 7.42. The minimum Gasteiger partial charge on any atom is -0.340 e. The molecule has 1 amide bonds. The van der Waals surface area contributed by atoms with E-state index in [1.54, 1.807) is 18.3 Å². The Morgan fingerprint density at radius 1 is 1.23 bits per heavy atom. The maximum atomic E-state index is 13.1. The molecule has 2 aromatic rings. The van der Waals surface area contributed by atoms with Crippen molar-refractivity contribution in [1.29, 1.82) is 0 Å². The molecule has 1 unspecified atom stereocenters. The van der Waals surface area contributed by atoms with Crippen LogP contribution in [0.1, 0.15) is 50.4 Å². The summed E-state index contributed by atoms with van der Waals surface area (Å²) in [5.41, 5.74) is 7.87. The van der Waals surface area contributed by atoms with E-state index in [0.29, 0.717) is 12.3 Å². The number of nitrogens with zero attached hydrogens (tertiary/aromatic N) is 2. The van der Waals surface area contributed by atoms with E-state index in [4.69, 9.17) is 5.73 Å². The van der Waals surface area contributed by atoms with E-state index in [2.05, 4.69) is 9.97 Å². The predicted molar refractivity (Wildman–Crippen MR) is 97.6 cm³/mol. The van der Waals surface area contributed by atoms with Crippen LogP contribution in [-0.2, 0) is 4.79 Å². The molecule has 1 aromatic carbocycles. The largest absolute Gasteiger partial charge is 0.340 e. The molecule has 138 valence electrons. The Kier molecular flexibility index (Phi) is 4.76. The third-order valence-corrected chi connectivity index (χ3v) is 5.79. The van der Waals surface area contributed by atoms with E-state index in [-0.39, 0.29) is 23.8 Å². The number of rotatable bonds is 4. The number of amides is 1. The van der Waals surface area contributed by atoms with Gasteiger partial charge < -0.3 is 15.6 Å². The van der Waals surface area contributed by atoms with Crippen molar-refractivity contribution in [3.8, 4) is 11.3 Å². The highest BCUT2D eigenvalue weighted by molar-refractivity contribution is 5.77. The number of imidazole rings is 1. The van der Waals surface area contributed by atoms with Crippen molar-refractivity contribution in [1.82, 2.24) is 14.9 Å². The highest BCUT2D eigenvalue weighted by Crippen LogP contribution is 2.34. The molecule has 0 spiro atoms. The van der Waals surface area contributed by atoms with Gasteiger partial charge in [-0.3, -0.25) is 4.79 Å². The van der Waals surface area contributed by atoms with Crippen molar-refractivity contribution in [2.24, 2.45) is 11.7 Å². The third kappa shape index (κ3) is 3.38. The summed E-state index contributed by atoms with van der Waals surface area (Å²) in [6.45, 7) is 0.776. The van der Waals surface area contributed by atoms with Crippen molar-refractivity contribution in [2.75, 3.05) is 6.54 Å². The lowest BCUT2D eigenvalue weighted by Gasteiger charge is -2.25. The maximum absolute atomic E-state index is 13.1. The molecule has 0 radical (unpaired) electrons. The third-order valence-electron chi connectivity index (χ3n) is 5.79. The molecule has 1 aromatic heterocycles. The van der Waals surface area contributed by atoms with Gasteiger partial charge >= 0.3 is 0 Å². The topological polar surface area (TPSA) is 75.0 Å². The number of halogens is 1. The van der Waals surface area contributed by atoms with Crippen LogP contribution in [0.15, 0.2) is 30.5 Å². The Balaban J connectivity index is 1.48. The standard InChI is InChI=1S/C20H25FN4O/c21-15-8-6-13(7-9-15)17-12-23-20(24-17)18-5-2-10-25(18)19(26)11-14-3-1-4-16(14)22/h6-9,12,14,16,18H,1-5,10-11,22H2,(H,23,24)/t14-,16+,18?/m0/s1. The summed E-state index contributed by atoms with van der Waals surface area (Å²) in [5, 5.41) is 0. The van der Waals surface area contributed by atoms with Gasteiger partial charge in [-0.2, -0.15) is 0 Å². The van der Waals surface area contributed by atoms with Crippen LogP contribution >= 0.6 is 0 Å². The van der Waals surface area contributed by atoms with Gasteiger partial charge in [-0.15, -0.1) is 0 Å². The molecule has 1 saturated carbocycles. The summed E-state index contributed by atoms with van der Waals surface area (Å²) in [4.78, 5) is 22.6. The number of hydrogen-bond donors (Lipinski definition) is 2. The van der Waals surface area contributed by atoms with Gasteiger partial charge in [0.25, 0.3) is 0 Å². The average molecular weight is 356 g/mol. The van der Waals surface area contributed by atoms with Gasteiger partial charge in [-0.25, -0.2) is 9.37 Å². The van der Waals surface area contributed by atoms with E-state index in [1.807, 2.05) is 4.90 Å². The Hall–Kier alpha value is -2.21. The molecule has 1 aliphatic carbocycles. The number of carbonyl (C=O) groups excluding carboxylic acids is 1. The molecule has 26 heavy (non-hydrogen) atoms. The lowest BCUT2D eigenvalue weighted by atomic mass is 9.99. The number of H-pyrrole nitrogens is 1. The number of aromatic amines is 1. The number of nitrogens with one attached hydrogen (secondary N) is 1. The van der Waals surface area contributed by atoms with Gasteiger partial charge in [0, 0.05) is 19.0 Å². The first-order valence-corrected chi connectivity index (χ1v) is 9.47. The van der Waals surface area contributed by atoms with Gasteiger partial charge in [-0.05, 0) is 61.4 Å². The van der Waals surface area contributed by atoms with Crippen LogP contribution in [-0.4, -0.2) is 33.4 Å². The second-order valence-corrected chi connectivity index (χ2v) is 7.49. The van der Waals surface area contributed by atoms with Crippen LogP contribution in [0, 0.1) is 11.7 Å². The normalized spacial score (nSPS) is 25.8. The lowest BCUT2D eigenvalue weighted by Crippen LogP contribution is -2.35. The fourth-order valence-corrected chi connectivity index (χ4v) is 4.29. The summed E-state index contributed by atoms with van der Waals surface area (Å²) in [5.74, 6) is 1.06. The van der Waals surface area contributed by atoms with Crippen molar-refractivity contribution in [2.45, 2.75) is 50.6 Å². The SMILES string of the molecule is N[C@@H]1CCC[C@H]1CC(=O)N1CCCC1c1ncc(-c2ccc(F)cc2)[nH]1. The van der Waals surface area contributed by atoms with E-state index in [9.17, 15) is 9.18 Å². The fourth-order valence-electron chi connectivity index (χ4n) is 4.29. The van der Waals surface area contributed by atoms with Crippen molar-refractivity contribution in [3.63, 3.8) is 0 Å². The Morgan fingerprint density at radius 3 is 2.77 bits per heavy atom. The van der Waals surface area contributed by atoms with E-state index in [1.165, 1.54) is 12.1 Å². The quantitative estimate of drug-likeness (QED) is 0.882. The smallest absolute Gasteiger partial charge is 0.223 e. The molecule has 1 saturated heterocycles. The van der Waals surface area contributed by atoms with Crippen molar-refractivity contribution in [3.05, 3.63) is 42.1 Å². The minimum absolute atomic E-state index is 0.00525. The van der Waals surface area contributed by atoms with Crippen LogP contribution in [0.3, 0.4) is 0 Å². The number of likely N-dealkylation sites (tertiary alicyclic amines) is 1. The molecule has 3 atom stereocenters. The zero-order valence-electron chi connectivity index (χ0n) is 14.8. The van der Waals surface area contributed by atoms with E-state index in [0.717, 1.165) is 55.7 Å². The Labute approximate surface area is 152 Å². The number of hydrogen-bond acceptors (Lipinski definition) is 3. The van der Waals surface area contributed by atoms with Crippen molar-refractivity contribution >= 4 is 5.91 Å². The van der Waals surface area contributed by atoms with Gasteiger partial charge in [0.15, 0.2) is 0 Å². The van der Waals surface area contributed by atoms with Gasteiger partial charge in [0.05, 0.1) is 17.9 Å². The molecule has 3 N–H and O–H groups in total. The molecule has 1 aliphatic heterocycles. The molecular formula is C20H25FN4O. The molecule has 6 heteroatoms. The van der Waals surface area contributed by atoms with Crippen LogP contribution in [0.25, 0.3) is 11.3 Å². The molecule has 4 rings (SSSR count). The molecule has 2 heterocycles. The average Bonchev–Trinajstić information content (AvgIpc) is 3.36. The molecule has 0 bridgehead atoms. The first-order chi connectivity index (χ1) is 12.6. The number of nitrogens with two attached hydrogens (primary N) is 1. The van der Waals surface area contributed by atoms with Crippen LogP contribution < -0.4 is 5.73 Å². The minimum atomic E-state index is -0.258. The summed E-state index contributed by atoms with van der Waals surface area (Å²) < 4.78 is 13.1. The zero-order chi connectivity index (χ0) is 18.1. The summed E-state index contributed by atoms with van der Waals surface area (Å²) >= 11 is 0. The first-order valence-electron chi connectivity index (χ1n) is 9.47. The molecule has 5 nitrogen and oxygen atoms in total. The molecule has 2 fully saturated rings. The number of carbonyl (C=O) groups is 1. The highest BCUT2D eigenvalue weighted by Gasteiger charge is 2.34. The van der Waals surface area contributed by atoms with Crippen LogP contribution in [0.5, 0.6) is 0 Å². The lowest BCUT2D eigenvalue weighted by molar-refractivity contribution is -0.133. The van der Waals surface area contributed by atoms with E-state index >= 15 is 0 Å². The Bertz CT molecular complexity index is 772. The van der Waals surface area contributed by atoms with Crippen molar-refractivity contribution < 1.29 is 9.18 Å². The first kappa shape index (κ1) is 17.2. The zero-order valence-corrected chi connectivity index (χ0v) is 14.8. The number of benzene rings is 1. The van der Waals surface area contributed by atoms with Crippen LogP contribution in [0.2, 0.25) is 0 Å².